The van der Waals surface area contributed by atoms with Crippen molar-refractivity contribution in [2.45, 2.75) is 19.4 Å². The van der Waals surface area contributed by atoms with Gasteiger partial charge in [0.1, 0.15) is 0 Å². The monoisotopic (exact) mass is 314 g/mol. The molecule has 0 aliphatic carbocycles. The Bertz CT molecular complexity index is 423. The molecule has 2 nitrogen and oxygen atoms in total. The molecule has 0 aliphatic heterocycles. The van der Waals surface area contributed by atoms with Crippen molar-refractivity contribution in [3.63, 3.8) is 0 Å². The first-order valence-corrected chi connectivity index (χ1v) is 6.64. The second-order valence-corrected chi connectivity index (χ2v) is 4.85. The summed E-state index contributed by atoms with van der Waals surface area (Å²) < 4.78 is 0.894. The van der Waals surface area contributed by atoms with Crippen LogP contribution in [0.25, 0.3) is 0 Å². The van der Waals surface area contributed by atoms with E-state index in [0.29, 0.717) is 11.6 Å². The van der Waals surface area contributed by atoms with Gasteiger partial charge in [-0.3, -0.25) is 0 Å². The van der Waals surface area contributed by atoms with E-state index in [-0.39, 0.29) is 6.04 Å². The third kappa shape index (κ3) is 4.69. The maximum absolute atomic E-state index is 5.96. The quantitative estimate of drug-likeness (QED) is 0.647. The number of halogens is 2. The lowest BCUT2D eigenvalue weighted by molar-refractivity contribution is 0.550. The molecule has 0 heterocycles. The summed E-state index contributed by atoms with van der Waals surface area (Å²) in [5.41, 5.74) is 6.89. The van der Waals surface area contributed by atoms with Gasteiger partial charge in [-0.05, 0) is 40.5 Å². The lowest BCUT2D eigenvalue weighted by atomic mass is 10.1. The summed E-state index contributed by atoms with van der Waals surface area (Å²) in [6.07, 6.45) is 0.835. The molecule has 1 unspecified atom stereocenters. The normalized spacial score (nSPS) is 11.8. The van der Waals surface area contributed by atoms with Gasteiger partial charge in [0.25, 0.3) is 0 Å². The third-order valence-corrected chi connectivity index (χ3v) is 3.61. The molecule has 1 aromatic rings. The number of nitrogens with one attached hydrogen (secondary N) is 1. The molecule has 4 heteroatoms. The molecule has 1 atom stereocenters. The molecule has 92 valence electrons. The number of rotatable bonds is 5. The highest BCUT2D eigenvalue weighted by Crippen LogP contribution is 2.25. The van der Waals surface area contributed by atoms with E-state index in [2.05, 4.69) is 33.1 Å². The standard InChI is InChI=1S/C13H16BrClN2/c1-2-3-4-7-17-13(9-16)10-5-6-12(15)11(14)8-10/h5-6,8,13,17H,4,7,9,16H2,1H3. The maximum Gasteiger partial charge on any atom is 0.0548 e. The Balaban J connectivity index is 2.64. The molecule has 0 aliphatic rings. The van der Waals surface area contributed by atoms with Crippen LogP contribution in [0.1, 0.15) is 24.9 Å². The lowest BCUT2D eigenvalue weighted by Gasteiger charge is -2.17. The van der Waals surface area contributed by atoms with E-state index in [1.165, 1.54) is 0 Å². The van der Waals surface area contributed by atoms with E-state index < -0.39 is 0 Å². The summed E-state index contributed by atoms with van der Waals surface area (Å²) in [4.78, 5) is 0. The summed E-state index contributed by atoms with van der Waals surface area (Å²) >= 11 is 9.37. The van der Waals surface area contributed by atoms with Crippen LogP contribution in [-0.2, 0) is 0 Å². The van der Waals surface area contributed by atoms with Crippen LogP contribution in [0.5, 0.6) is 0 Å². The molecule has 1 aromatic carbocycles. The van der Waals surface area contributed by atoms with Crippen molar-refractivity contribution in [2.24, 2.45) is 5.73 Å². The number of hydrogen-bond donors (Lipinski definition) is 2. The molecule has 0 saturated heterocycles. The topological polar surface area (TPSA) is 38.0 Å². The SMILES string of the molecule is CC#CCCNC(CN)c1ccc(Cl)c(Br)c1. The largest absolute Gasteiger partial charge is 0.329 e. The molecule has 0 fully saturated rings. The Labute approximate surface area is 116 Å². The smallest absolute Gasteiger partial charge is 0.0548 e. The van der Waals surface area contributed by atoms with Crippen molar-refractivity contribution in [2.75, 3.05) is 13.1 Å². The Morgan fingerprint density at radius 2 is 2.29 bits per heavy atom. The van der Waals surface area contributed by atoms with E-state index in [9.17, 15) is 0 Å². The van der Waals surface area contributed by atoms with E-state index in [1.54, 1.807) is 0 Å². The molecular formula is C13H16BrClN2. The summed E-state index contributed by atoms with van der Waals surface area (Å²) in [6, 6.07) is 6.00. The van der Waals surface area contributed by atoms with Crippen LogP contribution in [0, 0.1) is 11.8 Å². The predicted octanol–water partition coefficient (Wildman–Crippen LogP) is 3.11. The summed E-state index contributed by atoms with van der Waals surface area (Å²) in [6.45, 7) is 3.23. The zero-order valence-electron chi connectivity index (χ0n) is 9.76. The maximum atomic E-state index is 5.96. The van der Waals surface area contributed by atoms with Crippen LogP contribution in [0.4, 0.5) is 0 Å². The van der Waals surface area contributed by atoms with Gasteiger partial charge in [-0.25, -0.2) is 0 Å². The van der Waals surface area contributed by atoms with Crippen molar-refractivity contribution in [1.82, 2.24) is 5.32 Å². The first kappa shape index (κ1) is 14.5. The van der Waals surface area contributed by atoms with Gasteiger partial charge < -0.3 is 11.1 Å². The first-order chi connectivity index (χ1) is 8.19. The van der Waals surface area contributed by atoms with Crippen LogP contribution >= 0.6 is 27.5 Å². The molecule has 0 radical (unpaired) electrons. The van der Waals surface area contributed by atoms with Crippen molar-refractivity contribution < 1.29 is 0 Å². The van der Waals surface area contributed by atoms with Crippen LogP contribution in [0.2, 0.25) is 5.02 Å². The zero-order valence-corrected chi connectivity index (χ0v) is 12.1. The molecule has 1 rings (SSSR count). The summed E-state index contributed by atoms with van der Waals surface area (Å²) in [5.74, 6) is 5.89. The van der Waals surface area contributed by atoms with Crippen LogP contribution in [-0.4, -0.2) is 13.1 Å². The average Bonchev–Trinajstić information content (AvgIpc) is 2.33. The Kier molecular flexibility index (Phi) is 6.61. The van der Waals surface area contributed by atoms with Crippen LogP contribution in [0.15, 0.2) is 22.7 Å². The lowest BCUT2D eigenvalue weighted by Crippen LogP contribution is -2.28. The van der Waals surface area contributed by atoms with Gasteiger partial charge in [0.15, 0.2) is 0 Å². The zero-order chi connectivity index (χ0) is 12.7. The fraction of sp³-hybridized carbons (Fsp3) is 0.385. The van der Waals surface area contributed by atoms with Gasteiger partial charge in [0, 0.05) is 30.0 Å². The number of benzene rings is 1. The fourth-order valence-electron chi connectivity index (χ4n) is 1.50. The van der Waals surface area contributed by atoms with E-state index in [0.717, 1.165) is 23.0 Å². The average molecular weight is 316 g/mol. The Hall–Kier alpha value is -0.530. The van der Waals surface area contributed by atoms with E-state index >= 15 is 0 Å². The molecule has 0 bridgehead atoms. The summed E-state index contributed by atoms with van der Waals surface area (Å²) in [5, 5.41) is 4.09. The Morgan fingerprint density at radius 3 is 2.88 bits per heavy atom. The fourth-order valence-corrected chi connectivity index (χ4v) is 2.01. The minimum atomic E-state index is 0.141. The molecule has 0 saturated carbocycles. The van der Waals surface area contributed by atoms with Crippen molar-refractivity contribution in [1.29, 1.82) is 0 Å². The minimum absolute atomic E-state index is 0.141. The number of nitrogens with two attached hydrogens (primary N) is 1. The molecule has 17 heavy (non-hydrogen) atoms. The summed E-state index contributed by atoms with van der Waals surface area (Å²) in [7, 11) is 0. The van der Waals surface area contributed by atoms with Gasteiger partial charge in [-0.2, -0.15) is 0 Å². The van der Waals surface area contributed by atoms with Gasteiger partial charge in [-0.1, -0.05) is 17.7 Å². The van der Waals surface area contributed by atoms with Crippen molar-refractivity contribution in [3.8, 4) is 11.8 Å². The first-order valence-electron chi connectivity index (χ1n) is 5.47. The van der Waals surface area contributed by atoms with E-state index in [4.69, 9.17) is 17.3 Å². The minimum Gasteiger partial charge on any atom is -0.329 e. The van der Waals surface area contributed by atoms with Gasteiger partial charge in [-0.15, -0.1) is 11.8 Å². The van der Waals surface area contributed by atoms with Crippen molar-refractivity contribution >= 4 is 27.5 Å². The molecular weight excluding hydrogens is 300 g/mol. The van der Waals surface area contributed by atoms with Crippen molar-refractivity contribution in [3.05, 3.63) is 33.3 Å². The van der Waals surface area contributed by atoms with Crippen LogP contribution in [0.3, 0.4) is 0 Å². The highest BCUT2D eigenvalue weighted by atomic mass is 79.9. The van der Waals surface area contributed by atoms with Crippen LogP contribution < -0.4 is 11.1 Å². The van der Waals surface area contributed by atoms with Gasteiger partial charge >= 0.3 is 0 Å². The second kappa shape index (κ2) is 7.73. The Morgan fingerprint density at radius 1 is 1.53 bits per heavy atom. The third-order valence-electron chi connectivity index (χ3n) is 2.40. The van der Waals surface area contributed by atoms with Gasteiger partial charge in [0.05, 0.1) is 5.02 Å². The highest BCUT2D eigenvalue weighted by Gasteiger charge is 2.09. The van der Waals surface area contributed by atoms with Gasteiger partial charge in [0.2, 0.25) is 0 Å². The second-order valence-electron chi connectivity index (χ2n) is 3.59. The predicted molar refractivity (Wildman–Crippen MR) is 77.0 cm³/mol. The molecule has 3 N–H and O–H groups in total. The molecule has 0 amide bonds. The molecule has 0 spiro atoms. The van der Waals surface area contributed by atoms with E-state index in [1.807, 2.05) is 25.1 Å². The highest BCUT2D eigenvalue weighted by molar-refractivity contribution is 9.10. The molecule has 0 aromatic heterocycles. The number of hydrogen-bond acceptors (Lipinski definition) is 2.